The van der Waals surface area contributed by atoms with E-state index in [0.717, 1.165) is 16.8 Å². The van der Waals surface area contributed by atoms with Gasteiger partial charge in [-0.3, -0.25) is 13.5 Å². The van der Waals surface area contributed by atoms with Crippen molar-refractivity contribution in [2.75, 3.05) is 6.26 Å². The Kier molecular flexibility index (Phi) is 5.17. The third-order valence-corrected chi connectivity index (χ3v) is 5.96. The average Bonchev–Trinajstić information content (AvgIpc) is 3.37. The molecule has 1 N–H and O–H groups in total. The SMILES string of the molecule is Cc1noc(C)c1Cn1cc(-n2c(O)cn(Cc3ccccc3S(C)=O)c2=O)cn1. The molecule has 0 radical (unpaired) electrons. The Hall–Kier alpha value is -3.40. The van der Waals surface area contributed by atoms with E-state index in [1.807, 2.05) is 26.0 Å². The van der Waals surface area contributed by atoms with Crippen molar-refractivity contribution in [2.24, 2.45) is 0 Å². The van der Waals surface area contributed by atoms with Crippen molar-refractivity contribution in [3.8, 4) is 11.6 Å². The lowest BCUT2D eigenvalue weighted by Gasteiger charge is -2.07. The summed E-state index contributed by atoms with van der Waals surface area (Å²) in [6.07, 6.45) is 6.14. The second-order valence-corrected chi connectivity index (χ2v) is 8.34. The molecule has 9 nitrogen and oxygen atoms in total. The van der Waals surface area contributed by atoms with Crippen molar-refractivity contribution in [2.45, 2.75) is 31.8 Å². The minimum atomic E-state index is -1.18. The fourth-order valence-corrected chi connectivity index (χ4v) is 4.15. The van der Waals surface area contributed by atoms with Crippen LogP contribution in [0.2, 0.25) is 0 Å². The molecule has 4 rings (SSSR count). The van der Waals surface area contributed by atoms with Crippen molar-refractivity contribution < 1.29 is 13.8 Å². The van der Waals surface area contributed by atoms with Gasteiger partial charge in [-0.05, 0) is 25.5 Å². The van der Waals surface area contributed by atoms with Crippen LogP contribution in [0.1, 0.15) is 22.6 Å². The summed E-state index contributed by atoms with van der Waals surface area (Å²) in [7, 11) is -1.18. The molecule has 1 aromatic carbocycles. The number of aromatic nitrogens is 5. The maximum absolute atomic E-state index is 12.9. The molecule has 0 fully saturated rings. The van der Waals surface area contributed by atoms with Crippen LogP contribution in [0.3, 0.4) is 0 Å². The van der Waals surface area contributed by atoms with Crippen molar-refractivity contribution in [3.63, 3.8) is 0 Å². The lowest BCUT2D eigenvalue weighted by molar-refractivity contribution is 0.391. The van der Waals surface area contributed by atoms with E-state index in [0.29, 0.717) is 22.9 Å². The van der Waals surface area contributed by atoms with Crippen LogP contribution in [-0.4, -0.2) is 39.6 Å². The van der Waals surface area contributed by atoms with Crippen LogP contribution >= 0.6 is 0 Å². The van der Waals surface area contributed by atoms with Crippen LogP contribution in [0.25, 0.3) is 5.69 Å². The largest absolute Gasteiger partial charge is 0.493 e. The summed E-state index contributed by atoms with van der Waals surface area (Å²) in [6, 6.07) is 7.22. The first-order valence-electron chi connectivity index (χ1n) is 9.22. The van der Waals surface area contributed by atoms with Crippen molar-refractivity contribution >= 4 is 10.8 Å². The van der Waals surface area contributed by atoms with Crippen molar-refractivity contribution in [3.05, 3.63) is 75.9 Å². The molecule has 4 aromatic rings. The number of nitrogens with zero attached hydrogens (tertiary/aromatic N) is 5. The van der Waals surface area contributed by atoms with E-state index in [1.165, 1.54) is 21.5 Å². The van der Waals surface area contributed by atoms with Gasteiger partial charge in [-0.15, -0.1) is 0 Å². The maximum atomic E-state index is 12.9. The Morgan fingerprint density at radius 2 is 1.93 bits per heavy atom. The molecule has 0 saturated carbocycles. The predicted molar refractivity (Wildman–Crippen MR) is 110 cm³/mol. The minimum absolute atomic E-state index is 0.197. The molecule has 30 heavy (non-hydrogen) atoms. The number of benzene rings is 1. The molecule has 0 amide bonds. The van der Waals surface area contributed by atoms with E-state index in [4.69, 9.17) is 4.52 Å². The van der Waals surface area contributed by atoms with Gasteiger partial charge in [-0.2, -0.15) is 5.10 Å². The molecule has 0 saturated heterocycles. The van der Waals surface area contributed by atoms with E-state index >= 15 is 0 Å². The van der Waals surface area contributed by atoms with Gasteiger partial charge < -0.3 is 9.63 Å². The minimum Gasteiger partial charge on any atom is -0.493 e. The van der Waals surface area contributed by atoms with Gasteiger partial charge in [-0.1, -0.05) is 23.4 Å². The second-order valence-electron chi connectivity index (χ2n) is 6.99. The zero-order chi connectivity index (χ0) is 21.4. The van der Waals surface area contributed by atoms with E-state index in [-0.39, 0.29) is 12.4 Å². The number of hydrogen-bond acceptors (Lipinski definition) is 6. The van der Waals surface area contributed by atoms with E-state index in [9.17, 15) is 14.1 Å². The standard InChI is InChI=1S/C20H21N5O4S/c1-13-17(14(2)29-22-13)11-24-10-16(8-21-24)25-19(26)12-23(20(25)27)9-15-6-4-5-7-18(15)30(3)28/h4-8,10,12,26H,9,11H2,1-3H3. The topological polar surface area (TPSA) is 108 Å². The van der Waals surface area contributed by atoms with Gasteiger partial charge in [0.1, 0.15) is 5.76 Å². The number of aromatic hydroxyl groups is 1. The predicted octanol–water partition coefficient (Wildman–Crippen LogP) is 1.98. The molecule has 156 valence electrons. The lowest BCUT2D eigenvalue weighted by atomic mass is 10.2. The van der Waals surface area contributed by atoms with Gasteiger partial charge in [0.15, 0.2) is 0 Å². The summed E-state index contributed by atoms with van der Waals surface area (Å²) in [6.45, 7) is 4.32. The number of aryl methyl sites for hydroxylation is 2. The quantitative estimate of drug-likeness (QED) is 0.504. The molecule has 0 bridgehead atoms. The highest BCUT2D eigenvalue weighted by Gasteiger charge is 2.17. The summed E-state index contributed by atoms with van der Waals surface area (Å²) in [5.41, 5.74) is 2.48. The van der Waals surface area contributed by atoms with Gasteiger partial charge in [0.05, 0.1) is 47.7 Å². The van der Waals surface area contributed by atoms with Crippen LogP contribution in [0.4, 0.5) is 0 Å². The van der Waals surface area contributed by atoms with Crippen molar-refractivity contribution in [1.82, 2.24) is 24.1 Å². The molecule has 10 heteroatoms. The summed E-state index contributed by atoms with van der Waals surface area (Å²) < 4.78 is 21.4. The molecule has 1 unspecified atom stereocenters. The molecule has 0 aliphatic carbocycles. The monoisotopic (exact) mass is 427 g/mol. The first-order valence-corrected chi connectivity index (χ1v) is 10.8. The molecular weight excluding hydrogens is 406 g/mol. The van der Waals surface area contributed by atoms with Crippen LogP contribution in [0.15, 0.2) is 57.1 Å². The van der Waals surface area contributed by atoms with Gasteiger partial charge in [0.25, 0.3) is 0 Å². The molecule has 0 aliphatic heterocycles. The van der Waals surface area contributed by atoms with Crippen LogP contribution in [-0.2, 0) is 23.9 Å². The van der Waals surface area contributed by atoms with E-state index in [1.54, 1.807) is 29.3 Å². The lowest BCUT2D eigenvalue weighted by Crippen LogP contribution is -2.23. The number of rotatable bonds is 6. The molecule has 0 aliphatic rings. The van der Waals surface area contributed by atoms with Crippen LogP contribution < -0.4 is 5.69 Å². The maximum Gasteiger partial charge on any atom is 0.336 e. The summed E-state index contributed by atoms with van der Waals surface area (Å²) in [5.74, 6) is 0.509. The molecular formula is C20H21N5O4S. The molecule has 1 atom stereocenters. The van der Waals surface area contributed by atoms with Gasteiger partial charge in [0.2, 0.25) is 5.88 Å². The van der Waals surface area contributed by atoms with Gasteiger partial charge in [0, 0.05) is 22.9 Å². The van der Waals surface area contributed by atoms with Gasteiger partial charge >= 0.3 is 5.69 Å². The van der Waals surface area contributed by atoms with Crippen LogP contribution in [0.5, 0.6) is 5.88 Å². The van der Waals surface area contributed by atoms with Crippen LogP contribution in [0, 0.1) is 13.8 Å². The Bertz CT molecular complexity index is 1280. The summed E-state index contributed by atoms with van der Waals surface area (Å²) >= 11 is 0. The zero-order valence-electron chi connectivity index (χ0n) is 16.8. The highest BCUT2D eigenvalue weighted by atomic mass is 32.2. The highest BCUT2D eigenvalue weighted by molar-refractivity contribution is 7.84. The summed E-state index contributed by atoms with van der Waals surface area (Å²) in [4.78, 5) is 13.6. The zero-order valence-corrected chi connectivity index (χ0v) is 17.6. The number of hydrogen-bond donors (Lipinski definition) is 1. The van der Waals surface area contributed by atoms with Gasteiger partial charge in [-0.25, -0.2) is 9.36 Å². The number of imidazole rings is 1. The Balaban J connectivity index is 1.65. The summed E-state index contributed by atoms with van der Waals surface area (Å²) in [5, 5.41) is 18.6. The first-order chi connectivity index (χ1) is 14.3. The fourth-order valence-electron chi connectivity index (χ4n) is 3.38. The Morgan fingerprint density at radius 3 is 2.63 bits per heavy atom. The molecule has 3 heterocycles. The molecule has 0 spiro atoms. The Morgan fingerprint density at radius 1 is 1.17 bits per heavy atom. The third-order valence-electron chi connectivity index (χ3n) is 4.94. The first kappa shape index (κ1) is 19.9. The normalized spacial score (nSPS) is 12.4. The second kappa shape index (κ2) is 7.79. The van der Waals surface area contributed by atoms with Crippen molar-refractivity contribution in [1.29, 1.82) is 0 Å². The van der Waals surface area contributed by atoms with E-state index in [2.05, 4.69) is 10.3 Å². The smallest absolute Gasteiger partial charge is 0.336 e. The fraction of sp³-hybridized carbons (Fsp3) is 0.250. The third kappa shape index (κ3) is 3.61. The Labute approximate surface area is 174 Å². The molecule has 3 aromatic heterocycles. The average molecular weight is 427 g/mol. The highest BCUT2D eigenvalue weighted by Crippen LogP contribution is 2.19. The van der Waals surface area contributed by atoms with E-state index < -0.39 is 16.5 Å².